The van der Waals surface area contributed by atoms with Gasteiger partial charge in [0.25, 0.3) is 5.91 Å². The lowest BCUT2D eigenvalue weighted by molar-refractivity contribution is -0.161. The normalized spacial score (nSPS) is 15.1. The Morgan fingerprint density at radius 3 is 2.29 bits per heavy atom. The van der Waals surface area contributed by atoms with Gasteiger partial charge in [0.05, 0.1) is 7.11 Å². The van der Waals surface area contributed by atoms with Gasteiger partial charge in [-0.3, -0.25) is 4.79 Å². The maximum Gasteiger partial charge on any atom is 0.338 e. The van der Waals surface area contributed by atoms with E-state index in [0.29, 0.717) is 12.6 Å². The van der Waals surface area contributed by atoms with Gasteiger partial charge in [0, 0.05) is 32.2 Å². The molecule has 0 saturated heterocycles. The Labute approximate surface area is 125 Å². The van der Waals surface area contributed by atoms with Crippen LogP contribution < -0.4 is 16.0 Å². The lowest BCUT2D eigenvalue weighted by Gasteiger charge is -2.15. The Morgan fingerprint density at radius 1 is 1.10 bits per heavy atom. The molecule has 8 heteroatoms. The molecular weight excluding hydrogens is 278 g/mol. The fraction of sp³-hybridized carbons (Fsp3) is 0.846. The number of hydrogen-bond acceptors (Lipinski definition) is 7. The molecule has 0 bridgehead atoms. The second-order valence-corrected chi connectivity index (χ2v) is 4.72. The average molecular weight is 305 g/mol. The van der Waals surface area contributed by atoms with Crippen LogP contribution in [0, 0.1) is 0 Å². The van der Waals surface area contributed by atoms with E-state index in [-0.39, 0.29) is 6.54 Å². The van der Waals surface area contributed by atoms with E-state index in [9.17, 15) is 19.8 Å². The van der Waals surface area contributed by atoms with Crippen LogP contribution in [-0.4, -0.2) is 73.6 Å². The zero-order chi connectivity index (χ0) is 16.3. The van der Waals surface area contributed by atoms with E-state index >= 15 is 0 Å². The summed E-state index contributed by atoms with van der Waals surface area (Å²) in [6, 6.07) is 0.474. The van der Waals surface area contributed by atoms with Gasteiger partial charge < -0.3 is 30.9 Å². The number of ether oxygens (including phenoxy) is 1. The molecule has 0 rings (SSSR count). The van der Waals surface area contributed by atoms with Crippen LogP contribution in [0.25, 0.3) is 0 Å². The van der Waals surface area contributed by atoms with Crippen molar-refractivity contribution in [3.05, 3.63) is 0 Å². The Kier molecular flexibility index (Phi) is 10.8. The molecule has 0 aliphatic carbocycles. The molecule has 3 atom stereocenters. The zero-order valence-electron chi connectivity index (χ0n) is 12.9. The molecule has 8 nitrogen and oxygen atoms in total. The smallest absolute Gasteiger partial charge is 0.338 e. The van der Waals surface area contributed by atoms with E-state index in [4.69, 9.17) is 0 Å². The van der Waals surface area contributed by atoms with E-state index in [1.54, 1.807) is 0 Å². The molecular formula is C13H27N3O5. The van der Waals surface area contributed by atoms with Gasteiger partial charge in [-0.15, -0.1) is 0 Å². The number of aliphatic hydroxyl groups is 2. The Hall–Kier alpha value is -1.22. The molecule has 0 aliphatic rings. The highest BCUT2D eigenvalue weighted by Gasteiger charge is 2.30. The third kappa shape index (κ3) is 8.61. The van der Waals surface area contributed by atoms with E-state index in [0.717, 1.165) is 26.6 Å². The molecule has 0 aromatic rings. The first kappa shape index (κ1) is 19.8. The summed E-state index contributed by atoms with van der Waals surface area (Å²) in [5.74, 6) is -1.86. The standard InChI is InChI=1S/C13H27N3O5/c1-4-9(2)15-7-5-14-6-8-16-12(19)10(17)11(18)13(20)21-3/h9-11,14-15,17-18H,4-8H2,1-3H3,(H,16,19)/t9-,10-,11-/m1/s1. The summed E-state index contributed by atoms with van der Waals surface area (Å²) in [4.78, 5) is 22.4. The number of amides is 1. The summed E-state index contributed by atoms with van der Waals surface area (Å²) in [6.45, 7) is 6.60. The number of carbonyl (C=O) groups excluding carboxylic acids is 2. The van der Waals surface area contributed by atoms with Crippen LogP contribution in [0.3, 0.4) is 0 Å². The van der Waals surface area contributed by atoms with Crippen LogP contribution in [0.2, 0.25) is 0 Å². The van der Waals surface area contributed by atoms with Crippen LogP contribution in [0.5, 0.6) is 0 Å². The fourth-order valence-electron chi connectivity index (χ4n) is 1.45. The second kappa shape index (κ2) is 11.4. The monoisotopic (exact) mass is 305 g/mol. The van der Waals surface area contributed by atoms with Crippen molar-refractivity contribution in [2.75, 3.05) is 33.3 Å². The minimum absolute atomic E-state index is 0.285. The molecule has 0 heterocycles. The summed E-state index contributed by atoms with van der Waals surface area (Å²) in [5.41, 5.74) is 0. The Morgan fingerprint density at radius 2 is 1.71 bits per heavy atom. The maximum atomic E-state index is 11.5. The van der Waals surface area contributed by atoms with Gasteiger partial charge in [-0.2, -0.15) is 0 Å². The summed E-state index contributed by atoms with van der Waals surface area (Å²) in [7, 11) is 1.06. The van der Waals surface area contributed by atoms with E-state index in [1.165, 1.54) is 0 Å². The second-order valence-electron chi connectivity index (χ2n) is 4.72. The van der Waals surface area contributed by atoms with Crippen molar-refractivity contribution >= 4 is 11.9 Å². The minimum atomic E-state index is -1.87. The average Bonchev–Trinajstić information content (AvgIpc) is 2.50. The fourth-order valence-corrected chi connectivity index (χ4v) is 1.45. The summed E-state index contributed by atoms with van der Waals surface area (Å²) in [5, 5.41) is 27.6. The molecule has 0 aliphatic heterocycles. The summed E-state index contributed by atoms with van der Waals surface area (Å²) in [6.07, 6.45) is -2.64. The van der Waals surface area contributed by atoms with Gasteiger partial charge in [-0.1, -0.05) is 6.92 Å². The third-order valence-electron chi connectivity index (χ3n) is 3.02. The number of hydrogen-bond donors (Lipinski definition) is 5. The Balaban J connectivity index is 3.68. The van der Waals surface area contributed by atoms with E-state index < -0.39 is 24.1 Å². The number of rotatable bonds is 11. The van der Waals surface area contributed by atoms with Gasteiger partial charge in [-0.05, 0) is 13.3 Å². The highest BCUT2D eigenvalue weighted by Crippen LogP contribution is 1.96. The first-order valence-electron chi connectivity index (χ1n) is 7.09. The quantitative estimate of drug-likeness (QED) is 0.221. The number of methoxy groups -OCH3 is 1. The van der Waals surface area contributed by atoms with E-state index in [2.05, 4.69) is 34.5 Å². The van der Waals surface area contributed by atoms with Gasteiger partial charge in [-0.25, -0.2) is 4.79 Å². The molecule has 21 heavy (non-hydrogen) atoms. The van der Waals surface area contributed by atoms with Gasteiger partial charge >= 0.3 is 5.97 Å². The molecule has 0 radical (unpaired) electrons. The number of nitrogens with one attached hydrogen (secondary N) is 3. The molecule has 124 valence electrons. The van der Waals surface area contributed by atoms with E-state index in [1.807, 2.05) is 0 Å². The van der Waals surface area contributed by atoms with Crippen molar-refractivity contribution in [1.29, 1.82) is 0 Å². The molecule has 5 N–H and O–H groups in total. The first-order valence-corrected chi connectivity index (χ1v) is 7.09. The van der Waals surface area contributed by atoms with Crippen molar-refractivity contribution in [2.45, 2.75) is 38.5 Å². The molecule has 0 saturated carbocycles. The minimum Gasteiger partial charge on any atom is -0.467 e. The Bertz CT molecular complexity index is 314. The van der Waals surface area contributed by atoms with Crippen molar-refractivity contribution in [1.82, 2.24) is 16.0 Å². The summed E-state index contributed by atoms with van der Waals surface area (Å²) < 4.78 is 4.23. The number of carbonyl (C=O) groups is 2. The molecule has 0 aromatic carbocycles. The largest absolute Gasteiger partial charge is 0.467 e. The van der Waals surface area contributed by atoms with Gasteiger partial charge in [0.1, 0.15) is 0 Å². The van der Waals surface area contributed by atoms with Crippen LogP contribution in [-0.2, 0) is 14.3 Å². The maximum absolute atomic E-state index is 11.5. The first-order chi connectivity index (χ1) is 9.93. The lowest BCUT2D eigenvalue weighted by Crippen LogP contribution is -2.47. The third-order valence-corrected chi connectivity index (χ3v) is 3.02. The molecule has 0 fully saturated rings. The molecule has 0 aromatic heterocycles. The molecule has 0 unspecified atom stereocenters. The predicted molar refractivity (Wildman–Crippen MR) is 77.7 cm³/mol. The lowest BCUT2D eigenvalue weighted by atomic mass is 10.2. The zero-order valence-corrected chi connectivity index (χ0v) is 12.9. The number of esters is 1. The van der Waals surface area contributed by atoms with Crippen molar-refractivity contribution in [3.63, 3.8) is 0 Å². The highest BCUT2D eigenvalue weighted by atomic mass is 16.5. The van der Waals surface area contributed by atoms with Crippen LogP contribution in [0.1, 0.15) is 20.3 Å². The van der Waals surface area contributed by atoms with Crippen LogP contribution >= 0.6 is 0 Å². The van der Waals surface area contributed by atoms with Crippen molar-refractivity contribution < 1.29 is 24.5 Å². The topological polar surface area (TPSA) is 120 Å². The molecule has 0 spiro atoms. The number of aliphatic hydroxyl groups excluding tert-OH is 2. The van der Waals surface area contributed by atoms with Crippen LogP contribution in [0.4, 0.5) is 0 Å². The van der Waals surface area contributed by atoms with Crippen molar-refractivity contribution in [3.8, 4) is 0 Å². The SMILES string of the molecule is CC[C@@H](C)NCCNCCNC(=O)[C@H](O)[C@@H](O)C(=O)OC. The predicted octanol–water partition coefficient (Wildman–Crippen LogP) is -2.02. The molecule has 1 amide bonds. The van der Waals surface area contributed by atoms with Crippen LogP contribution in [0.15, 0.2) is 0 Å². The highest BCUT2D eigenvalue weighted by molar-refractivity contribution is 5.88. The summed E-state index contributed by atoms with van der Waals surface area (Å²) >= 11 is 0. The van der Waals surface area contributed by atoms with Gasteiger partial charge in [0.15, 0.2) is 12.2 Å². The van der Waals surface area contributed by atoms with Crippen molar-refractivity contribution in [2.24, 2.45) is 0 Å². The van der Waals surface area contributed by atoms with Gasteiger partial charge in [0.2, 0.25) is 0 Å².